The van der Waals surface area contributed by atoms with Crippen LogP contribution in [0.3, 0.4) is 0 Å². The maximum Gasteiger partial charge on any atom is 0.283 e. The van der Waals surface area contributed by atoms with Gasteiger partial charge in [-0.3, -0.25) is 10.2 Å². The first-order valence-corrected chi connectivity index (χ1v) is 13.8. The number of aliphatic imine (C=N–C) groups is 1. The monoisotopic (exact) mass is 556 g/mol. The summed E-state index contributed by atoms with van der Waals surface area (Å²) in [7, 11) is 0. The Labute approximate surface area is 230 Å². The number of nitrogens with one attached hydrogen (secondary N) is 1. The lowest BCUT2D eigenvalue weighted by Gasteiger charge is -2.20. The summed E-state index contributed by atoms with van der Waals surface area (Å²) in [6.07, 6.45) is 7.37. The normalized spacial score (nSPS) is 19.1. The number of ether oxygens (including phenoxy) is 2. The fraction of sp³-hybridized carbons (Fsp3) is 0.333. The van der Waals surface area contributed by atoms with Crippen molar-refractivity contribution in [2.24, 2.45) is 16.0 Å². The van der Waals surface area contributed by atoms with Crippen LogP contribution in [0.1, 0.15) is 50.2 Å². The lowest BCUT2D eigenvalue weighted by Crippen LogP contribution is -2.35. The molecular weight excluding hydrogens is 531 g/mol. The third-order valence-corrected chi connectivity index (χ3v) is 8.12. The number of amidine groups is 2. The molecule has 2 aromatic rings. The number of thioether (sulfide) groups is 1. The Morgan fingerprint density at radius 3 is 2.68 bits per heavy atom. The van der Waals surface area contributed by atoms with E-state index in [9.17, 15) is 4.79 Å². The Morgan fingerprint density at radius 1 is 1.14 bits per heavy atom. The molecule has 10 heteroatoms. The number of carbonyl (C=O) groups is 1. The first kappa shape index (κ1) is 25.8. The summed E-state index contributed by atoms with van der Waals surface area (Å²) in [6.45, 7) is 2.47. The van der Waals surface area contributed by atoms with Crippen molar-refractivity contribution in [2.45, 2.75) is 45.6 Å². The molecule has 1 saturated carbocycles. The minimum Gasteiger partial charge on any atom is -0.490 e. The number of nitrogens with zero attached hydrogens (tertiary/aromatic N) is 3. The van der Waals surface area contributed by atoms with Crippen LogP contribution in [0.2, 0.25) is 10.0 Å². The van der Waals surface area contributed by atoms with Crippen LogP contribution < -0.4 is 9.47 Å². The van der Waals surface area contributed by atoms with Crippen LogP contribution in [-0.2, 0) is 11.4 Å². The molecule has 0 radical (unpaired) electrons. The number of hydrazone groups is 1. The van der Waals surface area contributed by atoms with E-state index in [1.54, 1.807) is 24.3 Å². The molecule has 3 aliphatic rings. The van der Waals surface area contributed by atoms with Gasteiger partial charge in [0.25, 0.3) is 5.91 Å². The molecule has 0 bridgehead atoms. The Kier molecular flexibility index (Phi) is 7.88. The minimum absolute atomic E-state index is 0.00133. The zero-order valence-corrected chi connectivity index (χ0v) is 22.6. The molecule has 2 aromatic carbocycles. The van der Waals surface area contributed by atoms with Gasteiger partial charge in [-0.2, -0.15) is 15.1 Å². The van der Waals surface area contributed by atoms with Gasteiger partial charge in [0.15, 0.2) is 17.3 Å². The Hall–Kier alpha value is -2.81. The second-order valence-electron chi connectivity index (χ2n) is 8.94. The number of hydrogen-bond donors (Lipinski definition) is 1. The number of carbonyl (C=O) groups excluding carboxylic acids is 1. The van der Waals surface area contributed by atoms with Crippen molar-refractivity contribution in [2.75, 3.05) is 6.61 Å². The van der Waals surface area contributed by atoms with Crippen LogP contribution in [0.15, 0.2) is 52.1 Å². The molecule has 37 heavy (non-hydrogen) atoms. The van der Waals surface area contributed by atoms with E-state index in [2.05, 4.69) is 10.1 Å². The molecule has 1 fully saturated rings. The largest absolute Gasteiger partial charge is 0.490 e. The molecule has 0 unspecified atom stereocenters. The fourth-order valence-corrected chi connectivity index (χ4v) is 6.05. The van der Waals surface area contributed by atoms with Crippen molar-refractivity contribution in [1.82, 2.24) is 5.01 Å². The van der Waals surface area contributed by atoms with Gasteiger partial charge in [-0.1, -0.05) is 60.7 Å². The van der Waals surface area contributed by atoms with E-state index in [0.717, 1.165) is 23.4 Å². The molecule has 7 nitrogen and oxygen atoms in total. The third kappa shape index (κ3) is 5.56. The number of rotatable bonds is 7. The molecule has 2 aliphatic heterocycles. The van der Waals surface area contributed by atoms with Crippen molar-refractivity contribution in [3.63, 3.8) is 0 Å². The first-order valence-electron chi connectivity index (χ1n) is 12.3. The van der Waals surface area contributed by atoms with Crippen molar-refractivity contribution in [3.05, 3.63) is 63.1 Å². The molecule has 5 rings (SSSR count). The summed E-state index contributed by atoms with van der Waals surface area (Å²) in [5.74, 6) is 0.711. The van der Waals surface area contributed by atoms with Gasteiger partial charge in [0.1, 0.15) is 11.7 Å². The van der Waals surface area contributed by atoms with E-state index >= 15 is 0 Å². The molecule has 1 amide bonds. The Bertz CT molecular complexity index is 1330. The molecule has 192 valence electrons. The van der Waals surface area contributed by atoms with E-state index in [1.165, 1.54) is 36.0 Å². The van der Waals surface area contributed by atoms with E-state index < -0.39 is 5.91 Å². The summed E-state index contributed by atoms with van der Waals surface area (Å²) in [5.41, 5.74) is 1.55. The van der Waals surface area contributed by atoms with Gasteiger partial charge in [-0.05, 0) is 61.4 Å². The highest BCUT2D eigenvalue weighted by Crippen LogP contribution is 2.39. The maximum absolute atomic E-state index is 12.9. The van der Waals surface area contributed by atoms with Gasteiger partial charge in [-0.25, -0.2) is 0 Å². The number of hydrogen-bond acceptors (Lipinski definition) is 6. The SMILES string of the molecule is CCOc1cc(/C=C2/C(=N)N3N=C(C4CCCCC4)SC3=NC2=O)cc(Cl)c1OCc1ccccc1Cl. The van der Waals surface area contributed by atoms with Gasteiger partial charge in [-0.15, -0.1) is 0 Å². The molecule has 1 aliphatic carbocycles. The standard InChI is InChI=1S/C27H26Cl2N4O3S/c1-2-35-22-14-16(13-21(29)23(22)36-15-18-10-6-7-11-20(18)28)12-19-24(30)33-27(31-25(19)34)37-26(32-33)17-8-4-3-5-9-17/h6-7,10-14,17,30H,2-5,8-9,15H2,1H3/b19-12-,30-24?. The van der Waals surface area contributed by atoms with Crippen LogP contribution in [0.25, 0.3) is 6.08 Å². The van der Waals surface area contributed by atoms with E-state index in [-0.39, 0.29) is 18.0 Å². The summed E-state index contributed by atoms with van der Waals surface area (Å²) < 4.78 is 11.8. The highest BCUT2D eigenvalue weighted by molar-refractivity contribution is 8.27. The minimum atomic E-state index is -0.475. The number of fused-ring (bicyclic) bond motifs is 1. The maximum atomic E-state index is 12.9. The quantitative estimate of drug-likeness (QED) is 0.365. The van der Waals surface area contributed by atoms with Gasteiger partial charge in [0.05, 0.1) is 17.2 Å². The molecule has 0 saturated heterocycles. The fourth-order valence-electron chi connectivity index (χ4n) is 4.53. The lowest BCUT2D eigenvalue weighted by molar-refractivity contribution is -0.114. The van der Waals surface area contributed by atoms with Crippen molar-refractivity contribution in [3.8, 4) is 11.5 Å². The Balaban J connectivity index is 1.40. The number of amides is 1. The Morgan fingerprint density at radius 2 is 1.92 bits per heavy atom. The van der Waals surface area contributed by atoms with Crippen molar-refractivity contribution >= 4 is 63.0 Å². The van der Waals surface area contributed by atoms with Gasteiger partial charge < -0.3 is 9.47 Å². The van der Waals surface area contributed by atoms with Crippen LogP contribution in [-0.4, -0.2) is 33.6 Å². The molecule has 0 spiro atoms. The molecule has 2 heterocycles. The molecule has 1 N–H and O–H groups in total. The van der Waals surface area contributed by atoms with Crippen molar-refractivity contribution in [1.29, 1.82) is 5.41 Å². The topological polar surface area (TPSA) is 87.3 Å². The highest BCUT2D eigenvalue weighted by atomic mass is 35.5. The van der Waals surface area contributed by atoms with Crippen LogP contribution >= 0.6 is 35.0 Å². The van der Waals surface area contributed by atoms with Gasteiger partial charge in [0, 0.05) is 16.5 Å². The van der Waals surface area contributed by atoms with Gasteiger partial charge >= 0.3 is 0 Å². The number of halogens is 2. The smallest absolute Gasteiger partial charge is 0.283 e. The van der Waals surface area contributed by atoms with E-state index in [0.29, 0.717) is 44.8 Å². The third-order valence-electron chi connectivity index (χ3n) is 6.40. The van der Waals surface area contributed by atoms with E-state index in [4.69, 9.17) is 38.1 Å². The zero-order valence-electron chi connectivity index (χ0n) is 20.3. The van der Waals surface area contributed by atoms with Gasteiger partial charge in [0.2, 0.25) is 5.17 Å². The second-order valence-corrected chi connectivity index (χ2v) is 10.7. The highest BCUT2D eigenvalue weighted by Gasteiger charge is 2.38. The van der Waals surface area contributed by atoms with E-state index in [1.807, 2.05) is 25.1 Å². The lowest BCUT2D eigenvalue weighted by atomic mass is 9.90. The van der Waals surface area contributed by atoms with Crippen LogP contribution in [0.5, 0.6) is 11.5 Å². The average Bonchev–Trinajstić information content (AvgIpc) is 3.32. The predicted octanol–water partition coefficient (Wildman–Crippen LogP) is 7.17. The summed E-state index contributed by atoms with van der Waals surface area (Å²) in [6, 6.07) is 10.8. The molecular formula is C27H26Cl2N4O3S. The summed E-state index contributed by atoms with van der Waals surface area (Å²) in [5, 5.41) is 17.1. The summed E-state index contributed by atoms with van der Waals surface area (Å²) in [4.78, 5) is 17.1. The predicted molar refractivity (Wildman–Crippen MR) is 150 cm³/mol. The second kappa shape index (κ2) is 11.3. The molecule has 0 atom stereocenters. The van der Waals surface area contributed by atoms with Crippen LogP contribution in [0, 0.1) is 11.3 Å². The zero-order chi connectivity index (χ0) is 25.9. The number of benzene rings is 2. The first-order chi connectivity index (χ1) is 17.9. The summed E-state index contributed by atoms with van der Waals surface area (Å²) >= 11 is 14.3. The molecule has 0 aromatic heterocycles. The van der Waals surface area contributed by atoms with Crippen molar-refractivity contribution < 1.29 is 14.3 Å². The average molecular weight is 558 g/mol. The van der Waals surface area contributed by atoms with Crippen LogP contribution in [0.4, 0.5) is 0 Å².